The summed E-state index contributed by atoms with van der Waals surface area (Å²) in [7, 11) is 0. The Kier molecular flexibility index (Phi) is 3.27. The molecule has 3 heteroatoms. The summed E-state index contributed by atoms with van der Waals surface area (Å²) in [4.78, 5) is 0. The summed E-state index contributed by atoms with van der Waals surface area (Å²) in [5.74, 6) is 0.919. The molecule has 1 aliphatic carbocycles. The first-order valence-electron chi connectivity index (χ1n) is 7.16. The van der Waals surface area contributed by atoms with Crippen LogP contribution in [-0.4, -0.2) is 23.4 Å². The first kappa shape index (κ1) is 12.9. The van der Waals surface area contributed by atoms with Crippen molar-refractivity contribution in [3.63, 3.8) is 0 Å². The summed E-state index contributed by atoms with van der Waals surface area (Å²) >= 11 is 0. The van der Waals surface area contributed by atoms with Crippen LogP contribution in [0.3, 0.4) is 0 Å². The minimum absolute atomic E-state index is 0.0111. The third-order valence-corrected chi connectivity index (χ3v) is 4.17. The molecule has 0 radical (unpaired) electrons. The lowest BCUT2D eigenvalue weighted by molar-refractivity contribution is -0.0327. The van der Waals surface area contributed by atoms with Crippen molar-refractivity contribution in [2.75, 3.05) is 6.61 Å². The highest BCUT2D eigenvalue weighted by Crippen LogP contribution is 2.37. The Hall–Kier alpha value is -1.06. The molecule has 0 aromatic heterocycles. The normalized spacial score (nSPS) is 28.4. The molecule has 1 N–H and O–H groups in total. The van der Waals surface area contributed by atoms with E-state index in [0.717, 1.165) is 37.0 Å². The molecule has 1 aliphatic heterocycles. The molecule has 0 amide bonds. The van der Waals surface area contributed by atoms with Crippen molar-refractivity contribution >= 4 is 0 Å². The predicted molar refractivity (Wildman–Crippen MR) is 73.4 cm³/mol. The number of benzene rings is 1. The lowest BCUT2D eigenvalue weighted by Crippen LogP contribution is -2.24. The molecule has 3 rings (SSSR count). The summed E-state index contributed by atoms with van der Waals surface area (Å²) in [6.07, 6.45) is 3.74. The van der Waals surface area contributed by atoms with Crippen LogP contribution in [0.4, 0.5) is 0 Å². The van der Waals surface area contributed by atoms with Gasteiger partial charge >= 0.3 is 0 Å². The maximum Gasteiger partial charge on any atom is 0.122 e. The zero-order valence-electron chi connectivity index (χ0n) is 11.7. The van der Waals surface area contributed by atoms with Gasteiger partial charge in [0.05, 0.1) is 17.8 Å². The van der Waals surface area contributed by atoms with Crippen molar-refractivity contribution in [2.24, 2.45) is 0 Å². The van der Waals surface area contributed by atoms with E-state index in [1.165, 1.54) is 5.56 Å². The number of hydrogen-bond acceptors (Lipinski definition) is 3. The van der Waals surface area contributed by atoms with Gasteiger partial charge in [0, 0.05) is 5.56 Å². The van der Waals surface area contributed by atoms with Crippen LogP contribution in [0.2, 0.25) is 0 Å². The summed E-state index contributed by atoms with van der Waals surface area (Å²) in [6, 6.07) is 5.95. The van der Waals surface area contributed by atoms with E-state index >= 15 is 0 Å². The summed E-state index contributed by atoms with van der Waals surface area (Å²) in [5, 5.41) is 9.87. The van der Waals surface area contributed by atoms with Crippen molar-refractivity contribution in [1.82, 2.24) is 0 Å². The Labute approximate surface area is 114 Å². The number of ether oxygens (including phenoxy) is 2. The third-order valence-electron chi connectivity index (χ3n) is 4.17. The van der Waals surface area contributed by atoms with Gasteiger partial charge in [-0.1, -0.05) is 12.1 Å². The minimum atomic E-state index is -0.319. The molecular formula is C16H22O3. The van der Waals surface area contributed by atoms with Crippen LogP contribution < -0.4 is 4.74 Å². The van der Waals surface area contributed by atoms with Crippen molar-refractivity contribution in [2.45, 2.75) is 57.3 Å². The SMILES string of the molecule is CC1(C)CCC(COc2cccc3c2CCC3O)O1. The third kappa shape index (κ3) is 2.63. The van der Waals surface area contributed by atoms with E-state index < -0.39 is 0 Å². The Morgan fingerprint density at radius 2 is 2.21 bits per heavy atom. The smallest absolute Gasteiger partial charge is 0.122 e. The highest BCUT2D eigenvalue weighted by molar-refractivity contribution is 5.44. The fourth-order valence-electron chi connectivity index (χ4n) is 3.11. The quantitative estimate of drug-likeness (QED) is 0.910. The van der Waals surface area contributed by atoms with Crippen LogP contribution in [0.15, 0.2) is 18.2 Å². The minimum Gasteiger partial charge on any atom is -0.491 e. The molecule has 3 nitrogen and oxygen atoms in total. The number of hydrogen-bond donors (Lipinski definition) is 1. The standard InChI is InChI=1S/C16H22O3/c1-16(2)9-8-11(19-16)10-18-15-5-3-4-12-13(15)6-7-14(12)17/h3-5,11,14,17H,6-10H2,1-2H3. The van der Waals surface area contributed by atoms with E-state index in [-0.39, 0.29) is 17.8 Å². The van der Waals surface area contributed by atoms with Crippen LogP contribution >= 0.6 is 0 Å². The zero-order valence-corrected chi connectivity index (χ0v) is 11.7. The zero-order chi connectivity index (χ0) is 13.5. The molecule has 1 saturated heterocycles. The second-order valence-corrected chi connectivity index (χ2v) is 6.23. The maximum atomic E-state index is 9.87. The predicted octanol–water partition coefficient (Wildman–Crippen LogP) is 3.00. The van der Waals surface area contributed by atoms with Gasteiger partial charge in [0.25, 0.3) is 0 Å². The second-order valence-electron chi connectivity index (χ2n) is 6.23. The molecule has 1 fully saturated rings. The fourth-order valence-corrected chi connectivity index (χ4v) is 3.11. The van der Waals surface area contributed by atoms with E-state index in [9.17, 15) is 5.11 Å². The van der Waals surface area contributed by atoms with E-state index in [4.69, 9.17) is 9.47 Å². The van der Waals surface area contributed by atoms with Gasteiger partial charge in [-0.3, -0.25) is 0 Å². The average Bonchev–Trinajstić information content (AvgIpc) is 2.91. The topological polar surface area (TPSA) is 38.7 Å². The van der Waals surface area contributed by atoms with E-state index in [1.54, 1.807) is 0 Å². The van der Waals surface area contributed by atoms with Gasteiger partial charge in [-0.2, -0.15) is 0 Å². The van der Waals surface area contributed by atoms with Gasteiger partial charge in [0.2, 0.25) is 0 Å². The van der Waals surface area contributed by atoms with Gasteiger partial charge in [-0.05, 0) is 51.2 Å². The molecule has 1 aromatic rings. The summed E-state index contributed by atoms with van der Waals surface area (Å²) in [6.45, 7) is 4.86. The van der Waals surface area contributed by atoms with Gasteiger partial charge in [-0.15, -0.1) is 0 Å². The number of fused-ring (bicyclic) bond motifs is 1. The largest absolute Gasteiger partial charge is 0.491 e. The van der Waals surface area contributed by atoms with Gasteiger partial charge in [-0.25, -0.2) is 0 Å². The number of aliphatic hydroxyl groups excluding tert-OH is 1. The molecule has 1 aromatic carbocycles. The van der Waals surface area contributed by atoms with Crippen molar-refractivity contribution in [3.05, 3.63) is 29.3 Å². The molecule has 0 saturated carbocycles. The average molecular weight is 262 g/mol. The van der Waals surface area contributed by atoms with Crippen LogP contribution in [0.1, 0.15) is 50.3 Å². The molecule has 0 bridgehead atoms. The Bertz CT molecular complexity index is 467. The van der Waals surface area contributed by atoms with Crippen molar-refractivity contribution < 1.29 is 14.6 Å². The first-order valence-corrected chi connectivity index (χ1v) is 7.16. The monoisotopic (exact) mass is 262 g/mol. The molecule has 2 unspecified atom stereocenters. The molecule has 2 atom stereocenters. The Morgan fingerprint density at radius 3 is 2.95 bits per heavy atom. The Balaban J connectivity index is 1.65. The molecule has 0 spiro atoms. The van der Waals surface area contributed by atoms with E-state index in [0.29, 0.717) is 6.61 Å². The first-order chi connectivity index (χ1) is 9.05. The van der Waals surface area contributed by atoms with Gasteiger partial charge in [0.1, 0.15) is 12.4 Å². The summed E-state index contributed by atoms with van der Waals surface area (Å²) < 4.78 is 11.9. The van der Waals surface area contributed by atoms with Crippen LogP contribution in [0.5, 0.6) is 5.75 Å². The van der Waals surface area contributed by atoms with Crippen LogP contribution in [0.25, 0.3) is 0 Å². The fraction of sp³-hybridized carbons (Fsp3) is 0.625. The molecule has 19 heavy (non-hydrogen) atoms. The highest BCUT2D eigenvalue weighted by Gasteiger charge is 2.32. The second kappa shape index (κ2) is 4.80. The van der Waals surface area contributed by atoms with E-state index in [1.807, 2.05) is 18.2 Å². The lowest BCUT2D eigenvalue weighted by atomic mass is 10.1. The number of rotatable bonds is 3. The molecule has 2 aliphatic rings. The van der Waals surface area contributed by atoms with Crippen molar-refractivity contribution in [3.8, 4) is 5.75 Å². The van der Waals surface area contributed by atoms with Gasteiger partial charge < -0.3 is 14.6 Å². The van der Waals surface area contributed by atoms with Crippen LogP contribution in [0, 0.1) is 0 Å². The molecular weight excluding hydrogens is 240 g/mol. The van der Waals surface area contributed by atoms with Gasteiger partial charge in [0.15, 0.2) is 0 Å². The Morgan fingerprint density at radius 1 is 1.37 bits per heavy atom. The maximum absolute atomic E-state index is 9.87. The van der Waals surface area contributed by atoms with Crippen LogP contribution in [-0.2, 0) is 11.2 Å². The molecule has 1 heterocycles. The highest BCUT2D eigenvalue weighted by atomic mass is 16.6. The molecule has 104 valence electrons. The number of aliphatic hydroxyl groups is 1. The van der Waals surface area contributed by atoms with E-state index in [2.05, 4.69) is 13.8 Å². The summed E-state index contributed by atoms with van der Waals surface area (Å²) in [5.41, 5.74) is 2.19. The van der Waals surface area contributed by atoms with Crippen molar-refractivity contribution in [1.29, 1.82) is 0 Å². The lowest BCUT2D eigenvalue weighted by Gasteiger charge is -2.20.